The zero-order chi connectivity index (χ0) is 59.5. The summed E-state index contributed by atoms with van der Waals surface area (Å²) in [5.41, 5.74) is 2.00. The lowest BCUT2D eigenvalue weighted by Crippen LogP contribution is -2.30. The number of hydrazone groups is 1. The lowest BCUT2D eigenvalue weighted by Gasteiger charge is -2.27. The second-order valence-corrected chi connectivity index (χ2v) is 21.2. The lowest BCUT2D eigenvalue weighted by atomic mass is 9.82. The number of carbonyl (C=O) groups is 5. The zero-order valence-corrected chi connectivity index (χ0v) is 48.8. The van der Waals surface area contributed by atoms with E-state index in [2.05, 4.69) is 13.2 Å². The van der Waals surface area contributed by atoms with E-state index in [1.54, 1.807) is 98.9 Å². The molecule has 0 aliphatic heterocycles. The molecule has 4 aromatic carbocycles. The van der Waals surface area contributed by atoms with E-state index in [0.717, 1.165) is 23.1 Å². The smallest absolute Gasteiger partial charge is 0.333 e. The molecule has 7 rings (SSSR count). The average Bonchev–Trinajstić information content (AvgIpc) is 3.80. The molecule has 2 fully saturated rings. The van der Waals surface area contributed by atoms with E-state index in [1.807, 2.05) is 24.3 Å². The van der Waals surface area contributed by atoms with Gasteiger partial charge in [-0.1, -0.05) is 36.6 Å². The van der Waals surface area contributed by atoms with E-state index in [9.17, 15) is 24.0 Å². The van der Waals surface area contributed by atoms with Crippen molar-refractivity contribution in [1.82, 2.24) is 4.98 Å². The second-order valence-electron chi connectivity index (χ2n) is 20.2. The van der Waals surface area contributed by atoms with Gasteiger partial charge in [-0.3, -0.25) is 14.4 Å². The third-order valence-corrected chi connectivity index (χ3v) is 14.7. The Morgan fingerprint density at radius 1 is 0.560 bits per heavy atom. The fraction of sp³-hybridized carbons (Fsp3) is 0.444. The summed E-state index contributed by atoms with van der Waals surface area (Å²) in [4.78, 5) is 68.3. The normalized spacial score (nSPS) is 16.8. The number of para-hydroxylation sites is 1. The number of carbonyl (C=O) groups excluding carboxylic acids is 5. The molecule has 2 aliphatic carbocycles. The van der Waals surface area contributed by atoms with E-state index < -0.39 is 29.7 Å². The number of hydrogen-bond donors (Lipinski definition) is 0. The average molecular weight is 1180 g/mol. The number of ether oxygens (including phenoxy) is 12. The molecule has 0 atom stereocenters. The molecule has 21 heteroatoms. The van der Waals surface area contributed by atoms with Gasteiger partial charge in [-0.25, -0.2) is 19.6 Å². The predicted octanol–water partition coefficient (Wildman–Crippen LogP) is 9.94. The van der Waals surface area contributed by atoms with Crippen LogP contribution in [0.15, 0.2) is 120 Å². The lowest BCUT2D eigenvalue weighted by molar-refractivity contribution is -0.145. The highest BCUT2D eigenvalue weighted by Gasteiger charge is 2.33. The molecule has 84 heavy (non-hydrogen) atoms. The Hall–Kier alpha value is -7.69. The quantitative estimate of drug-likeness (QED) is 0.00932. The Labute approximate surface area is 493 Å². The summed E-state index contributed by atoms with van der Waals surface area (Å²) in [6, 6.07) is 26.7. The highest BCUT2D eigenvalue weighted by atomic mass is 32.1. The van der Waals surface area contributed by atoms with E-state index in [4.69, 9.17) is 66.9 Å². The number of anilines is 1. The largest absolute Gasteiger partial charge is 0.493 e. The molecule has 2 aliphatic rings. The van der Waals surface area contributed by atoms with Crippen LogP contribution in [0.5, 0.6) is 34.5 Å². The second kappa shape index (κ2) is 34.2. The minimum absolute atomic E-state index is 0.120. The van der Waals surface area contributed by atoms with Crippen molar-refractivity contribution in [3.05, 3.63) is 121 Å². The van der Waals surface area contributed by atoms with Crippen LogP contribution in [-0.4, -0.2) is 134 Å². The van der Waals surface area contributed by atoms with E-state index >= 15 is 0 Å². The van der Waals surface area contributed by atoms with Crippen LogP contribution in [0.25, 0.3) is 10.2 Å². The maximum Gasteiger partial charge on any atom is 0.333 e. The van der Waals surface area contributed by atoms with Crippen molar-refractivity contribution >= 4 is 62.7 Å². The van der Waals surface area contributed by atoms with Gasteiger partial charge in [-0.05, 0) is 150 Å². The summed E-state index contributed by atoms with van der Waals surface area (Å²) in [7, 11) is 1.62. The first kappa shape index (κ1) is 63.9. The molecule has 0 bridgehead atoms. The topological polar surface area (TPSA) is 225 Å². The number of rotatable bonds is 34. The minimum Gasteiger partial charge on any atom is -0.493 e. The molecule has 0 saturated heterocycles. The van der Waals surface area contributed by atoms with Crippen molar-refractivity contribution in [2.75, 3.05) is 97.9 Å². The van der Waals surface area contributed by atoms with Crippen LogP contribution in [0.3, 0.4) is 0 Å². The minimum atomic E-state index is -0.463. The van der Waals surface area contributed by atoms with Gasteiger partial charge in [0.05, 0.1) is 93.6 Å². The van der Waals surface area contributed by atoms with Crippen molar-refractivity contribution in [2.24, 2.45) is 28.8 Å². The number of aromatic nitrogens is 1. The maximum atomic E-state index is 13.9. The molecule has 1 aromatic heterocycles. The van der Waals surface area contributed by atoms with Crippen LogP contribution >= 0.6 is 11.3 Å². The summed E-state index contributed by atoms with van der Waals surface area (Å²) >= 11 is 1.50. The number of nitrogens with zero attached hydrogens (tertiary/aromatic N) is 3. The van der Waals surface area contributed by atoms with Crippen molar-refractivity contribution in [2.45, 2.75) is 65.2 Å². The first-order valence-electron chi connectivity index (χ1n) is 28.2. The molecule has 0 spiro atoms. The fourth-order valence-corrected chi connectivity index (χ4v) is 9.88. The van der Waals surface area contributed by atoms with Crippen molar-refractivity contribution < 1.29 is 80.8 Å². The van der Waals surface area contributed by atoms with Gasteiger partial charge >= 0.3 is 29.8 Å². The molecule has 0 N–H and O–H groups in total. The molecule has 450 valence electrons. The number of fused-ring (bicyclic) bond motifs is 1. The van der Waals surface area contributed by atoms with Crippen LogP contribution in [0.1, 0.15) is 70.8 Å². The highest BCUT2D eigenvalue weighted by Crippen LogP contribution is 2.35. The molecule has 2 saturated carbocycles. The van der Waals surface area contributed by atoms with Gasteiger partial charge in [0.2, 0.25) is 5.13 Å². The molecule has 0 unspecified atom stereocenters. The number of hydrogen-bond acceptors (Lipinski definition) is 21. The van der Waals surface area contributed by atoms with Crippen LogP contribution in [0, 0.1) is 23.7 Å². The van der Waals surface area contributed by atoms with Crippen molar-refractivity contribution in [3.63, 3.8) is 0 Å². The Morgan fingerprint density at radius 3 is 1.57 bits per heavy atom. The van der Waals surface area contributed by atoms with Crippen LogP contribution in [0.4, 0.5) is 5.13 Å². The van der Waals surface area contributed by atoms with Gasteiger partial charge in [0.1, 0.15) is 60.9 Å². The van der Waals surface area contributed by atoms with Crippen LogP contribution < -0.4 is 33.4 Å². The fourth-order valence-electron chi connectivity index (χ4n) is 8.93. The molecular weight excluding hydrogens is 1100 g/mol. The molecule has 0 radical (unpaired) electrons. The Bertz CT molecular complexity index is 2930. The maximum absolute atomic E-state index is 13.9. The number of benzene rings is 4. The molecule has 20 nitrogen and oxygen atoms in total. The highest BCUT2D eigenvalue weighted by molar-refractivity contribution is 7.22. The molecule has 1 heterocycles. The Morgan fingerprint density at radius 2 is 1.04 bits per heavy atom. The van der Waals surface area contributed by atoms with Crippen molar-refractivity contribution in [1.29, 1.82) is 0 Å². The van der Waals surface area contributed by atoms with Crippen LogP contribution in [0.2, 0.25) is 0 Å². The summed E-state index contributed by atoms with van der Waals surface area (Å²) in [5.74, 6) is -0.0714. The number of methoxy groups -OCH3 is 1. The molecule has 5 aromatic rings. The first-order valence-corrected chi connectivity index (χ1v) is 29.1. The summed E-state index contributed by atoms with van der Waals surface area (Å²) in [5, 5.41) is 7.31. The van der Waals surface area contributed by atoms with Gasteiger partial charge in [0, 0.05) is 23.8 Å². The first-order chi connectivity index (χ1) is 40.8. The van der Waals surface area contributed by atoms with Gasteiger partial charge in [-0.2, -0.15) is 5.10 Å². The third kappa shape index (κ3) is 21.2. The van der Waals surface area contributed by atoms with Gasteiger partial charge in [-0.15, -0.1) is 0 Å². The SMILES string of the molecule is C=C(C)C(=O)OCCOCCOc1ccc(OC(=O)C2CCC(COc3ccc(OC(=O)C4CCC(C(=O)Oc5ccc(OCCOCCOC(=O)C(=C)C)cc5)CC4)c(/C=N/N(CCOCCOC)c4nc5ccccc5s4)c3)CC2)cc1. The van der Waals surface area contributed by atoms with E-state index in [0.29, 0.717) is 134 Å². The van der Waals surface area contributed by atoms with Crippen molar-refractivity contribution in [3.8, 4) is 34.5 Å². The summed E-state index contributed by atoms with van der Waals surface area (Å²) < 4.78 is 68.4. The Kier molecular flexibility index (Phi) is 26.0. The monoisotopic (exact) mass is 1180 g/mol. The Balaban J connectivity index is 0.905. The molecular formula is C63H75N3O17S. The van der Waals surface area contributed by atoms with Gasteiger partial charge in [0.15, 0.2) is 0 Å². The predicted molar refractivity (Wildman–Crippen MR) is 314 cm³/mol. The zero-order valence-electron chi connectivity index (χ0n) is 48.0. The standard InChI is InChI=1S/C63H75N3O17S/c1-43(2)58(67)78-38-34-74-32-36-76-50-18-22-52(23-19-50)81-60(69)46-12-10-45(11-13-46)42-80-54-26-27-56(49(40-54)41-64-66(28-29-73-31-30-72-5)63-65-55-8-6-7-9-57(55)84-63)83-62(71)48-16-14-47(15-17-48)61(70)82-53-24-20-51(21-25-53)77-37-33-75-35-39-79-59(68)44(3)4/h6-9,18-27,40-41,45-48H,1,3,10-17,28-39,42H2,2,4-5H3/b64-41+. The van der Waals surface area contributed by atoms with E-state index in [-0.39, 0.29) is 70.0 Å². The van der Waals surface area contributed by atoms with Gasteiger partial charge in [0.25, 0.3) is 0 Å². The summed E-state index contributed by atoms with van der Waals surface area (Å²) in [6.07, 6.45) is 6.22. The number of esters is 5. The van der Waals surface area contributed by atoms with E-state index in [1.165, 1.54) is 11.3 Å². The van der Waals surface area contributed by atoms with Gasteiger partial charge < -0.3 is 56.8 Å². The summed E-state index contributed by atoms with van der Waals surface area (Å²) in [6.45, 7) is 14.1. The number of thiazole rings is 1. The van der Waals surface area contributed by atoms with Crippen LogP contribution in [-0.2, 0) is 52.4 Å². The third-order valence-electron chi connectivity index (χ3n) is 13.7. The molecule has 0 amide bonds.